The van der Waals surface area contributed by atoms with Crippen molar-refractivity contribution < 1.29 is 14.7 Å². The smallest absolute Gasteiger partial charge is 0.254 e. The van der Waals surface area contributed by atoms with Crippen LogP contribution < -0.4 is 5.32 Å². The zero-order valence-corrected chi connectivity index (χ0v) is 17.9. The molecule has 0 saturated carbocycles. The van der Waals surface area contributed by atoms with Crippen molar-refractivity contribution in [1.82, 2.24) is 19.8 Å². The summed E-state index contributed by atoms with van der Waals surface area (Å²) in [5.41, 5.74) is 0.406. The van der Waals surface area contributed by atoms with Crippen LogP contribution >= 0.6 is 0 Å². The van der Waals surface area contributed by atoms with Gasteiger partial charge in [0.15, 0.2) is 0 Å². The number of hydrogen-bond acceptors (Lipinski definition) is 6. The number of carbonyl (C=O) groups excluding carboxylic acids is 2. The van der Waals surface area contributed by atoms with E-state index in [1.54, 1.807) is 14.1 Å². The quantitative estimate of drug-likeness (QED) is 0.720. The molecule has 1 aliphatic rings. The zero-order valence-electron chi connectivity index (χ0n) is 17.9. The molecule has 2 N–H and O–H groups in total. The van der Waals surface area contributed by atoms with E-state index in [0.29, 0.717) is 31.2 Å². The molecule has 2 aromatic rings. The Labute approximate surface area is 176 Å². The van der Waals surface area contributed by atoms with Crippen LogP contribution in [0.2, 0.25) is 0 Å². The number of amides is 2. The lowest BCUT2D eigenvalue weighted by molar-refractivity contribution is -0.147. The van der Waals surface area contributed by atoms with Gasteiger partial charge in [0.05, 0.1) is 12.2 Å². The SMILES string of the molecule is CNc1cc(C2CC(=O)N(Cc3ccccc3)C2)nc(CN(C)C(=O)C(C)(C)O)n1. The molecule has 0 radical (unpaired) electrons. The largest absolute Gasteiger partial charge is 0.381 e. The summed E-state index contributed by atoms with van der Waals surface area (Å²) in [6.07, 6.45) is 0.394. The van der Waals surface area contributed by atoms with Gasteiger partial charge in [0.2, 0.25) is 5.91 Å². The lowest BCUT2D eigenvalue weighted by Crippen LogP contribution is -2.43. The van der Waals surface area contributed by atoms with Gasteiger partial charge in [-0.1, -0.05) is 30.3 Å². The first-order chi connectivity index (χ1) is 14.2. The lowest BCUT2D eigenvalue weighted by Gasteiger charge is -2.24. The maximum absolute atomic E-state index is 12.6. The summed E-state index contributed by atoms with van der Waals surface area (Å²) >= 11 is 0. The highest BCUT2D eigenvalue weighted by Crippen LogP contribution is 2.29. The van der Waals surface area contributed by atoms with Crippen LogP contribution in [0.15, 0.2) is 36.4 Å². The minimum absolute atomic E-state index is 0.0367. The summed E-state index contributed by atoms with van der Waals surface area (Å²) in [7, 11) is 3.37. The van der Waals surface area contributed by atoms with Crippen LogP contribution in [0.3, 0.4) is 0 Å². The number of hydrogen-bond donors (Lipinski definition) is 2. The molecule has 0 spiro atoms. The Bertz CT molecular complexity index is 911. The summed E-state index contributed by atoms with van der Waals surface area (Å²) in [5, 5.41) is 13.0. The average Bonchev–Trinajstić information content (AvgIpc) is 3.07. The Kier molecular flexibility index (Phi) is 6.36. The lowest BCUT2D eigenvalue weighted by atomic mass is 10.0. The van der Waals surface area contributed by atoms with Crippen LogP contribution in [0.25, 0.3) is 0 Å². The van der Waals surface area contributed by atoms with E-state index >= 15 is 0 Å². The summed E-state index contributed by atoms with van der Waals surface area (Å²) in [6.45, 7) is 4.24. The minimum Gasteiger partial charge on any atom is -0.381 e. The molecule has 2 amide bonds. The maximum atomic E-state index is 12.6. The second kappa shape index (κ2) is 8.79. The predicted molar refractivity (Wildman–Crippen MR) is 114 cm³/mol. The van der Waals surface area contributed by atoms with E-state index in [-0.39, 0.29) is 18.4 Å². The number of nitrogens with one attached hydrogen (secondary N) is 1. The first kappa shape index (κ1) is 21.7. The van der Waals surface area contributed by atoms with Gasteiger partial charge in [-0.3, -0.25) is 9.59 Å². The highest BCUT2D eigenvalue weighted by molar-refractivity contribution is 5.83. The number of aromatic nitrogens is 2. The Morgan fingerprint density at radius 2 is 2.00 bits per heavy atom. The fraction of sp³-hybridized carbons (Fsp3) is 0.455. The molecule has 2 heterocycles. The van der Waals surface area contributed by atoms with E-state index in [0.717, 1.165) is 11.3 Å². The predicted octanol–water partition coefficient (Wildman–Crippen LogP) is 1.76. The summed E-state index contributed by atoms with van der Waals surface area (Å²) in [4.78, 5) is 37.2. The highest BCUT2D eigenvalue weighted by Gasteiger charge is 2.32. The third-order valence-corrected chi connectivity index (χ3v) is 5.15. The topological polar surface area (TPSA) is 98.7 Å². The third-order valence-electron chi connectivity index (χ3n) is 5.15. The number of rotatable bonds is 7. The molecule has 1 aromatic heterocycles. The molecule has 0 bridgehead atoms. The molecule has 30 heavy (non-hydrogen) atoms. The molecular weight excluding hydrogens is 382 g/mol. The van der Waals surface area contributed by atoms with Crippen molar-refractivity contribution in [1.29, 1.82) is 0 Å². The average molecular weight is 412 g/mol. The molecule has 160 valence electrons. The summed E-state index contributed by atoms with van der Waals surface area (Å²) < 4.78 is 0. The van der Waals surface area contributed by atoms with Crippen LogP contribution in [-0.4, -0.2) is 62.9 Å². The number of likely N-dealkylation sites (tertiary alicyclic amines) is 1. The maximum Gasteiger partial charge on any atom is 0.254 e. The minimum atomic E-state index is -1.46. The number of benzene rings is 1. The van der Waals surface area contributed by atoms with Crippen molar-refractivity contribution in [3.05, 3.63) is 53.5 Å². The van der Waals surface area contributed by atoms with Crippen molar-refractivity contribution >= 4 is 17.6 Å². The fourth-order valence-electron chi connectivity index (χ4n) is 3.60. The van der Waals surface area contributed by atoms with Gasteiger partial charge in [-0.15, -0.1) is 0 Å². The first-order valence-corrected chi connectivity index (χ1v) is 10.0. The van der Waals surface area contributed by atoms with E-state index in [1.807, 2.05) is 41.3 Å². The normalized spacial score (nSPS) is 16.6. The van der Waals surface area contributed by atoms with Crippen molar-refractivity contribution in [3.8, 4) is 0 Å². The first-order valence-electron chi connectivity index (χ1n) is 10.0. The second-order valence-corrected chi connectivity index (χ2v) is 8.23. The van der Waals surface area contributed by atoms with Crippen LogP contribution in [-0.2, 0) is 22.7 Å². The Balaban J connectivity index is 1.76. The number of aliphatic hydroxyl groups is 1. The van der Waals surface area contributed by atoms with Gasteiger partial charge in [-0.05, 0) is 19.4 Å². The van der Waals surface area contributed by atoms with E-state index in [4.69, 9.17) is 0 Å². The van der Waals surface area contributed by atoms with Crippen molar-refractivity contribution in [2.45, 2.75) is 44.9 Å². The van der Waals surface area contributed by atoms with Crippen LogP contribution in [0.1, 0.15) is 43.3 Å². The van der Waals surface area contributed by atoms with Crippen molar-refractivity contribution in [2.24, 2.45) is 0 Å². The van der Waals surface area contributed by atoms with Crippen molar-refractivity contribution in [2.75, 3.05) is 26.0 Å². The van der Waals surface area contributed by atoms with Gasteiger partial charge in [-0.25, -0.2) is 9.97 Å². The van der Waals surface area contributed by atoms with Crippen LogP contribution in [0, 0.1) is 0 Å². The van der Waals surface area contributed by atoms with E-state index < -0.39 is 11.5 Å². The van der Waals surface area contributed by atoms with Gasteiger partial charge in [0.1, 0.15) is 17.2 Å². The molecule has 1 fully saturated rings. The zero-order chi connectivity index (χ0) is 21.9. The number of anilines is 1. The van der Waals surface area contributed by atoms with Gasteiger partial charge in [0.25, 0.3) is 5.91 Å². The van der Waals surface area contributed by atoms with E-state index in [9.17, 15) is 14.7 Å². The molecule has 1 saturated heterocycles. The Morgan fingerprint density at radius 1 is 1.30 bits per heavy atom. The molecule has 8 heteroatoms. The molecular formula is C22H29N5O3. The van der Waals surface area contributed by atoms with Gasteiger partial charge >= 0.3 is 0 Å². The molecule has 8 nitrogen and oxygen atoms in total. The van der Waals surface area contributed by atoms with Crippen LogP contribution in [0.4, 0.5) is 5.82 Å². The van der Waals surface area contributed by atoms with Crippen LogP contribution in [0.5, 0.6) is 0 Å². The van der Waals surface area contributed by atoms with Gasteiger partial charge in [-0.2, -0.15) is 0 Å². The fourth-order valence-corrected chi connectivity index (χ4v) is 3.60. The monoisotopic (exact) mass is 411 g/mol. The Morgan fingerprint density at radius 3 is 2.63 bits per heavy atom. The standard InChI is InChI=1S/C22H29N5O3/c1-22(2,30)21(29)26(4)14-19-24-17(11-18(23-3)25-19)16-10-20(28)27(13-16)12-15-8-6-5-7-9-15/h5-9,11,16,30H,10,12-14H2,1-4H3,(H,23,24,25). The molecule has 1 aliphatic heterocycles. The van der Waals surface area contributed by atoms with Gasteiger partial charge in [0, 0.05) is 45.6 Å². The Hall–Kier alpha value is -3.00. The second-order valence-electron chi connectivity index (χ2n) is 8.23. The number of likely N-dealkylation sites (N-methyl/N-ethyl adjacent to an activating group) is 1. The third kappa shape index (κ3) is 5.13. The molecule has 3 rings (SSSR count). The van der Waals surface area contributed by atoms with E-state index in [2.05, 4.69) is 15.3 Å². The summed E-state index contributed by atoms with van der Waals surface area (Å²) in [6, 6.07) is 11.8. The molecule has 0 aliphatic carbocycles. The molecule has 1 atom stereocenters. The molecule has 1 unspecified atom stereocenters. The molecule has 1 aromatic carbocycles. The highest BCUT2D eigenvalue weighted by atomic mass is 16.3. The van der Waals surface area contributed by atoms with Crippen molar-refractivity contribution in [3.63, 3.8) is 0 Å². The number of carbonyl (C=O) groups is 2. The number of nitrogens with zero attached hydrogens (tertiary/aromatic N) is 4. The summed E-state index contributed by atoms with van der Waals surface area (Å²) in [5.74, 6) is 0.751. The van der Waals surface area contributed by atoms with Gasteiger partial charge < -0.3 is 20.2 Å². The van der Waals surface area contributed by atoms with E-state index in [1.165, 1.54) is 18.7 Å².